The number of amides is 3. The normalized spacial score (nSPS) is 21.4. The lowest BCUT2D eigenvalue weighted by molar-refractivity contribution is -0.676. The number of benzene rings is 1. The molecule has 0 spiro atoms. The maximum absolute atomic E-state index is 13.4. The van der Waals surface area contributed by atoms with Gasteiger partial charge in [-0.15, -0.1) is 0 Å². The van der Waals surface area contributed by atoms with E-state index in [9.17, 15) is 9.59 Å². The van der Waals surface area contributed by atoms with E-state index >= 15 is 0 Å². The number of nitrogens with zero attached hydrogens (tertiary/aromatic N) is 6. The molecule has 0 radical (unpaired) electrons. The number of aliphatic imine (C=N–C) groups is 1. The number of fused-ring (bicyclic) bond motifs is 3. The van der Waals surface area contributed by atoms with Gasteiger partial charge in [0.2, 0.25) is 11.9 Å². The molecule has 5 rings (SSSR count). The smallest absolute Gasteiger partial charge is 0.379 e. The predicted octanol–water partition coefficient (Wildman–Crippen LogP) is 1.19. The molecule has 2 aromatic rings. The number of hydrogen-bond donors (Lipinski definition) is 0. The van der Waals surface area contributed by atoms with Gasteiger partial charge < -0.3 is 4.74 Å². The summed E-state index contributed by atoms with van der Waals surface area (Å²) in [4.78, 5) is 36.2. The monoisotopic (exact) mass is 423 g/mol. The Hall–Kier alpha value is -3.04. The van der Waals surface area contributed by atoms with Crippen molar-refractivity contribution >= 4 is 23.7 Å². The first-order chi connectivity index (χ1) is 15.0. The summed E-state index contributed by atoms with van der Waals surface area (Å²) in [5.41, 5.74) is 3.13. The van der Waals surface area contributed by atoms with Crippen molar-refractivity contribution in [2.45, 2.75) is 19.9 Å². The number of aromatic nitrogens is 2. The Morgan fingerprint density at radius 2 is 1.81 bits per heavy atom. The molecule has 3 aliphatic heterocycles. The lowest BCUT2D eigenvalue weighted by atomic mass is 10.1. The molecule has 3 amide bonds. The topological polar surface area (TPSA) is 74.3 Å². The number of carbonyl (C=O) groups excluding carboxylic acids is 2. The van der Waals surface area contributed by atoms with E-state index < -0.39 is 6.04 Å². The van der Waals surface area contributed by atoms with Crippen LogP contribution in [0.2, 0.25) is 0 Å². The number of hydrogen-bond acceptors (Lipinski definition) is 5. The van der Waals surface area contributed by atoms with Crippen LogP contribution >= 0.6 is 0 Å². The van der Waals surface area contributed by atoms with Crippen LogP contribution in [0, 0.1) is 13.8 Å². The molecule has 9 heteroatoms. The van der Waals surface area contributed by atoms with Gasteiger partial charge in [0, 0.05) is 33.2 Å². The molecule has 2 saturated heterocycles. The van der Waals surface area contributed by atoms with E-state index in [1.807, 2.05) is 41.3 Å². The molecule has 4 heterocycles. The summed E-state index contributed by atoms with van der Waals surface area (Å²) < 4.78 is 9.29. The lowest BCUT2D eigenvalue weighted by Crippen LogP contribution is -2.63. The zero-order valence-corrected chi connectivity index (χ0v) is 18.1. The number of imide groups is 1. The highest BCUT2D eigenvalue weighted by atomic mass is 16.5. The predicted molar refractivity (Wildman–Crippen MR) is 114 cm³/mol. The van der Waals surface area contributed by atoms with Crippen LogP contribution in [0.5, 0.6) is 0 Å². The quantitative estimate of drug-likeness (QED) is 0.693. The largest absolute Gasteiger partial charge is 0.406 e. The summed E-state index contributed by atoms with van der Waals surface area (Å²) in [7, 11) is 1.69. The first-order valence-corrected chi connectivity index (χ1v) is 10.6. The third-order valence-electron chi connectivity index (χ3n) is 6.24. The number of morpholine rings is 1. The Bertz CT molecular complexity index is 1070. The van der Waals surface area contributed by atoms with Crippen molar-refractivity contribution in [2.75, 3.05) is 46.4 Å². The molecule has 162 valence electrons. The van der Waals surface area contributed by atoms with Gasteiger partial charge in [0.15, 0.2) is 0 Å². The van der Waals surface area contributed by atoms with Crippen molar-refractivity contribution in [3.63, 3.8) is 0 Å². The number of carbonyl (C=O) groups is 2. The molecule has 9 nitrogen and oxygen atoms in total. The number of likely N-dealkylation sites (N-methyl/N-ethyl adjacent to an activating group) is 1. The van der Waals surface area contributed by atoms with Crippen LogP contribution in [0.25, 0.3) is 5.69 Å². The van der Waals surface area contributed by atoms with Crippen LogP contribution in [0.3, 0.4) is 0 Å². The fourth-order valence-corrected chi connectivity index (χ4v) is 4.47. The molecule has 0 saturated carbocycles. The average molecular weight is 423 g/mol. The van der Waals surface area contributed by atoms with Gasteiger partial charge in [-0.1, -0.05) is 22.7 Å². The third-order valence-corrected chi connectivity index (χ3v) is 6.24. The van der Waals surface area contributed by atoms with Crippen molar-refractivity contribution < 1.29 is 18.9 Å². The highest BCUT2D eigenvalue weighted by molar-refractivity contribution is 6.19. The fraction of sp³-hybridized carbons (Fsp3) is 0.455. The van der Waals surface area contributed by atoms with Gasteiger partial charge in [0.25, 0.3) is 5.91 Å². The van der Waals surface area contributed by atoms with Crippen molar-refractivity contribution in [2.24, 2.45) is 4.99 Å². The number of aryl methyl sites for hydroxylation is 2. The first-order valence-electron chi connectivity index (χ1n) is 10.6. The van der Waals surface area contributed by atoms with Gasteiger partial charge in [0.05, 0.1) is 13.2 Å². The van der Waals surface area contributed by atoms with Gasteiger partial charge >= 0.3 is 12.0 Å². The molecule has 0 N–H and O–H groups in total. The average Bonchev–Trinajstić information content (AvgIpc) is 3.28. The minimum atomic E-state index is -0.618. The minimum Gasteiger partial charge on any atom is -0.379 e. The van der Waals surface area contributed by atoms with Crippen LogP contribution in [0.15, 0.2) is 35.5 Å². The molecule has 1 unspecified atom stereocenters. The maximum atomic E-state index is 13.4. The van der Waals surface area contributed by atoms with Crippen molar-refractivity contribution in [3.05, 3.63) is 41.7 Å². The highest BCUT2D eigenvalue weighted by Gasteiger charge is 2.53. The second-order valence-electron chi connectivity index (χ2n) is 8.31. The third kappa shape index (κ3) is 3.24. The number of rotatable bonds is 4. The van der Waals surface area contributed by atoms with E-state index in [0.717, 1.165) is 24.5 Å². The Labute approximate surface area is 181 Å². The van der Waals surface area contributed by atoms with Crippen molar-refractivity contribution in [1.82, 2.24) is 19.3 Å². The molecule has 0 aliphatic carbocycles. The standard InChI is InChI=1S/C22H27N6O3/c1-15-4-6-17(7-5-15)28-16(2)14-27-18-19(23-21(27)28)24(3)22(30)26(20(18)29)9-8-25-10-12-31-13-11-25/h4-7,14,18H,8-13H2,1-3H3/q+1. The molecular weight excluding hydrogens is 396 g/mol. The minimum absolute atomic E-state index is 0.222. The van der Waals surface area contributed by atoms with Crippen molar-refractivity contribution in [1.29, 1.82) is 0 Å². The Balaban J connectivity index is 1.46. The molecule has 3 aliphatic rings. The van der Waals surface area contributed by atoms with Crippen molar-refractivity contribution in [3.8, 4) is 5.69 Å². The van der Waals surface area contributed by atoms with Crippen LogP contribution in [0.4, 0.5) is 10.7 Å². The van der Waals surface area contributed by atoms with Gasteiger partial charge in [-0.3, -0.25) is 19.5 Å². The van der Waals surface area contributed by atoms with E-state index in [-0.39, 0.29) is 11.9 Å². The van der Waals surface area contributed by atoms with Gasteiger partial charge in [-0.25, -0.2) is 9.36 Å². The molecule has 1 aromatic carbocycles. The number of amidine groups is 1. The Morgan fingerprint density at radius 1 is 1.10 bits per heavy atom. The second-order valence-corrected chi connectivity index (χ2v) is 8.31. The molecular formula is C22H27N6O3+. The van der Waals surface area contributed by atoms with E-state index in [2.05, 4.69) is 17.0 Å². The van der Waals surface area contributed by atoms with Crippen LogP contribution in [-0.2, 0) is 9.53 Å². The lowest BCUT2D eigenvalue weighted by Gasteiger charge is -2.35. The zero-order chi connectivity index (χ0) is 21.7. The van der Waals surface area contributed by atoms with E-state index in [4.69, 9.17) is 9.73 Å². The zero-order valence-electron chi connectivity index (χ0n) is 18.1. The molecule has 1 aromatic heterocycles. The van der Waals surface area contributed by atoms with Crippen LogP contribution in [0.1, 0.15) is 17.3 Å². The Morgan fingerprint density at radius 3 is 2.52 bits per heavy atom. The van der Waals surface area contributed by atoms with E-state index in [0.29, 0.717) is 38.1 Å². The maximum Gasteiger partial charge on any atom is 0.406 e. The Kier molecular flexibility index (Phi) is 4.86. The van der Waals surface area contributed by atoms with Crippen LogP contribution < -0.4 is 4.57 Å². The highest BCUT2D eigenvalue weighted by Crippen LogP contribution is 2.31. The van der Waals surface area contributed by atoms with Crippen LogP contribution in [-0.4, -0.2) is 83.5 Å². The number of ether oxygens (including phenoxy) is 1. The fourth-order valence-electron chi connectivity index (χ4n) is 4.47. The van der Waals surface area contributed by atoms with E-state index in [1.54, 1.807) is 7.05 Å². The molecule has 31 heavy (non-hydrogen) atoms. The number of imidazole rings is 1. The summed E-state index contributed by atoms with van der Waals surface area (Å²) in [6.07, 6.45) is 1.94. The summed E-state index contributed by atoms with van der Waals surface area (Å²) in [5, 5.41) is 0. The van der Waals surface area contributed by atoms with Gasteiger partial charge in [-0.2, -0.15) is 4.57 Å². The SMILES string of the molecule is Cc1ccc(-n2c(C)c[n+]3c2N=C2C3C(=O)N(CCN3CCOCC3)C(=O)N2C)cc1. The summed E-state index contributed by atoms with van der Waals surface area (Å²) in [6, 6.07) is 7.24. The second kappa shape index (κ2) is 7.58. The molecule has 1 atom stereocenters. The summed E-state index contributed by atoms with van der Waals surface area (Å²) >= 11 is 0. The van der Waals surface area contributed by atoms with Gasteiger partial charge in [0.1, 0.15) is 17.6 Å². The summed E-state index contributed by atoms with van der Waals surface area (Å²) in [6.45, 7) is 8.07. The number of urea groups is 1. The van der Waals surface area contributed by atoms with Gasteiger partial charge in [-0.05, 0) is 26.0 Å². The van der Waals surface area contributed by atoms with E-state index in [1.165, 1.54) is 15.4 Å². The first kappa shape index (κ1) is 19.9. The molecule has 0 bridgehead atoms. The summed E-state index contributed by atoms with van der Waals surface area (Å²) in [5.74, 6) is 0.915. The molecule has 2 fully saturated rings.